The van der Waals surface area contributed by atoms with E-state index >= 15 is 0 Å². The van der Waals surface area contributed by atoms with Crippen molar-refractivity contribution in [2.75, 3.05) is 13.1 Å². The van der Waals surface area contributed by atoms with Gasteiger partial charge in [0.2, 0.25) is 0 Å². The molecule has 0 spiro atoms. The predicted molar refractivity (Wildman–Crippen MR) is 107 cm³/mol. The van der Waals surface area contributed by atoms with E-state index in [1.165, 1.54) is 6.33 Å². The van der Waals surface area contributed by atoms with Gasteiger partial charge in [-0.15, -0.1) is 0 Å². The van der Waals surface area contributed by atoms with Gasteiger partial charge in [0.15, 0.2) is 11.5 Å². The minimum Gasteiger partial charge on any atom is -0.440 e. The highest BCUT2D eigenvalue weighted by Gasteiger charge is 2.30. The second-order valence-electron chi connectivity index (χ2n) is 7.80. The van der Waals surface area contributed by atoms with Crippen LogP contribution in [0.4, 0.5) is 0 Å². The summed E-state index contributed by atoms with van der Waals surface area (Å²) in [6.07, 6.45) is 3.32. The van der Waals surface area contributed by atoms with Crippen molar-refractivity contribution in [2.24, 2.45) is 0 Å². The summed E-state index contributed by atoms with van der Waals surface area (Å²) in [6.45, 7) is 5.40. The molecule has 5 rings (SSSR count). The van der Waals surface area contributed by atoms with Crippen molar-refractivity contribution in [2.45, 2.75) is 38.5 Å². The van der Waals surface area contributed by atoms with Crippen LogP contribution < -0.4 is 0 Å². The van der Waals surface area contributed by atoms with Gasteiger partial charge in [-0.25, -0.2) is 14.5 Å². The van der Waals surface area contributed by atoms with Crippen molar-refractivity contribution in [1.82, 2.24) is 29.5 Å². The molecule has 1 aliphatic rings. The third-order valence-corrected chi connectivity index (χ3v) is 5.46. The highest BCUT2D eigenvalue weighted by molar-refractivity contribution is 5.93. The number of hydrogen-bond acceptors (Lipinski definition) is 6. The normalized spacial score (nSPS) is 17.5. The van der Waals surface area contributed by atoms with Crippen molar-refractivity contribution in [3.63, 3.8) is 0 Å². The van der Waals surface area contributed by atoms with Gasteiger partial charge in [-0.2, -0.15) is 10.1 Å². The molecule has 148 valence electrons. The Balaban J connectivity index is 1.43. The van der Waals surface area contributed by atoms with Gasteiger partial charge in [0.25, 0.3) is 11.7 Å². The summed E-state index contributed by atoms with van der Waals surface area (Å²) in [7, 11) is 0. The first-order valence-electron chi connectivity index (χ1n) is 9.95. The second-order valence-corrected chi connectivity index (χ2v) is 7.80. The molecule has 1 unspecified atom stereocenters. The van der Waals surface area contributed by atoms with E-state index < -0.39 is 0 Å². The Bertz CT molecular complexity index is 1160. The molecule has 1 saturated heterocycles. The van der Waals surface area contributed by atoms with E-state index in [1.807, 2.05) is 35.2 Å². The first-order valence-corrected chi connectivity index (χ1v) is 9.95. The summed E-state index contributed by atoms with van der Waals surface area (Å²) >= 11 is 0. The van der Waals surface area contributed by atoms with Gasteiger partial charge in [0.05, 0.1) is 11.6 Å². The molecule has 0 aliphatic carbocycles. The number of hydrogen-bond donors (Lipinski definition) is 0. The predicted octanol–water partition coefficient (Wildman–Crippen LogP) is 3.41. The highest BCUT2D eigenvalue weighted by atomic mass is 16.3. The average Bonchev–Trinajstić information content (AvgIpc) is 3.39. The molecule has 8 heteroatoms. The van der Waals surface area contributed by atoms with Crippen molar-refractivity contribution < 1.29 is 9.21 Å². The van der Waals surface area contributed by atoms with E-state index in [9.17, 15) is 4.79 Å². The average molecular weight is 390 g/mol. The topological polar surface area (TPSA) is 89.4 Å². The van der Waals surface area contributed by atoms with Crippen LogP contribution in [0.25, 0.3) is 16.9 Å². The second kappa shape index (κ2) is 6.95. The molecule has 0 N–H and O–H groups in total. The van der Waals surface area contributed by atoms with Crippen LogP contribution in [-0.2, 0) is 0 Å². The molecule has 3 aromatic heterocycles. The Hall–Kier alpha value is -3.29. The number of oxazole rings is 1. The maximum atomic E-state index is 13.2. The Kier molecular flexibility index (Phi) is 4.26. The number of amides is 1. The molecule has 1 amide bonds. The van der Waals surface area contributed by atoms with E-state index in [-0.39, 0.29) is 17.7 Å². The van der Waals surface area contributed by atoms with Crippen molar-refractivity contribution in [1.29, 1.82) is 0 Å². The molecule has 4 aromatic rings. The van der Waals surface area contributed by atoms with E-state index in [0.29, 0.717) is 30.5 Å². The van der Waals surface area contributed by atoms with Gasteiger partial charge in [-0.05, 0) is 37.0 Å². The smallest absolute Gasteiger partial charge is 0.272 e. The van der Waals surface area contributed by atoms with Crippen LogP contribution in [0.1, 0.15) is 60.6 Å². The number of likely N-dealkylation sites (tertiary alicyclic amines) is 1. The number of para-hydroxylation sites is 2. The van der Waals surface area contributed by atoms with Crippen LogP contribution in [0.5, 0.6) is 0 Å². The van der Waals surface area contributed by atoms with Crippen molar-refractivity contribution >= 4 is 22.8 Å². The Labute approximate surface area is 167 Å². The first kappa shape index (κ1) is 17.8. The molecule has 0 saturated carbocycles. The molecule has 1 atom stereocenters. The maximum Gasteiger partial charge on any atom is 0.272 e. The summed E-state index contributed by atoms with van der Waals surface area (Å²) in [5.74, 6) is 1.35. The molecule has 0 radical (unpaired) electrons. The maximum absolute atomic E-state index is 13.2. The van der Waals surface area contributed by atoms with Gasteiger partial charge < -0.3 is 9.32 Å². The number of nitrogens with zero attached hydrogens (tertiary/aromatic N) is 6. The van der Waals surface area contributed by atoms with Gasteiger partial charge in [-0.1, -0.05) is 26.0 Å². The summed E-state index contributed by atoms with van der Waals surface area (Å²) in [5, 5.41) is 4.22. The first-order chi connectivity index (χ1) is 14.1. The molecule has 1 fully saturated rings. The summed E-state index contributed by atoms with van der Waals surface area (Å²) < 4.78 is 7.65. The fourth-order valence-electron chi connectivity index (χ4n) is 3.95. The van der Waals surface area contributed by atoms with Crippen LogP contribution in [-0.4, -0.2) is 48.5 Å². The highest BCUT2D eigenvalue weighted by Crippen LogP contribution is 2.29. The minimum atomic E-state index is -0.0850. The standard InChI is InChI=1S/C21H22N6O2/c1-13(2)17-10-16(25-21-22-12-23-27(17)21)20(28)26-9-5-6-14(11-26)19-24-15-7-3-4-8-18(15)29-19/h3-4,7-8,10,12-14H,5-6,9,11H2,1-2H3. The fraction of sp³-hybridized carbons (Fsp3) is 0.381. The SMILES string of the molecule is CC(C)c1cc(C(=O)N2CCCC(c3nc4ccccc4o3)C2)nc2ncnn12. The van der Waals surface area contributed by atoms with Crippen LogP contribution in [0.15, 0.2) is 41.1 Å². The van der Waals surface area contributed by atoms with Crippen LogP contribution >= 0.6 is 0 Å². The minimum absolute atomic E-state index is 0.0847. The Morgan fingerprint density at radius 1 is 1.24 bits per heavy atom. The number of fused-ring (bicyclic) bond motifs is 2. The molecular formula is C21H22N6O2. The Morgan fingerprint density at radius 3 is 2.93 bits per heavy atom. The van der Waals surface area contributed by atoms with Gasteiger partial charge in [0, 0.05) is 13.1 Å². The summed E-state index contributed by atoms with van der Waals surface area (Å²) in [4.78, 5) is 28.4. The number of benzene rings is 1. The van der Waals surface area contributed by atoms with E-state index in [4.69, 9.17) is 4.42 Å². The van der Waals surface area contributed by atoms with Crippen molar-refractivity contribution in [3.8, 4) is 0 Å². The summed E-state index contributed by atoms with van der Waals surface area (Å²) in [6, 6.07) is 9.58. The zero-order valence-corrected chi connectivity index (χ0v) is 16.4. The largest absolute Gasteiger partial charge is 0.440 e. The monoisotopic (exact) mass is 390 g/mol. The number of carbonyl (C=O) groups is 1. The number of rotatable bonds is 3. The molecule has 0 bridgehead atoms. The third kappa shape index (κ3) is 3.14. The zero-order chi connectivity index (χ0) is 20.0. The van der Waals surface area contributed by atoms with Crippen LogP contribution in [0, 0.1) is 0 Å². The van der Waals surface area contributed by atoms with Gasteiger partial charge >= 0.3 is 0 Å². The lowest BCUT2D eigenvalue weighted by molar-refractivity contribution is 0.0693. The van der Waals surface area contributed by atoms with E-state index in [1.54, 1.807) is 4.52 Å². The van der Waals surface area contributed by atoms with Gasteiger partial charge in [-0.3, -0.25) is 4.79 Å². The molecule has 29 heavy (non-hydrogen) atoms. The molecule has 1 aliphatic heterocycles. The quantitative estimate of drug-likeness (QED) is 0.533. The zero-order valence-electron chi connectivity index (χ0n) is 16.4. The number of aromatic nitrogens is 5. The lowest BCUT2D eigenvalue weighted by Crippen LogP contribution is -2.39. The molecule has 8 nitrogen and oxygen atoms in total. The van der Waals surface area contributed by atoms with E-state index in [2.05, 4.69) is 33.9 Å². The van der Waals surface area contributed by atoms with E-state index in [0.717, 1.165) is 29.6 Å². The lowest BCUT2D eigenvalue weighted by Gasteiger charge is -2.31. The fourth-order valence-corrected chi connectivity index (χ4v) is 3.95. The number of piperidine rings is 1. The lowest BCUT2D eigenvalue weighted by atomic mass is 9.97. The third-order valence-electron chi connectivity index (χ3n) is 5.46. The Morgan fingerprint density at radius 2 is 2.10 bits per heavy atom. The summed E-state index contributed by atoms with van der Waals surface area (Å²) in [5.41, 5.74) is 2.97. The number of carbonyl (C=O) groups excluding carboxylic acids is 1. The van der Waals surface area contributed by atoms with Gasteiger partial charge in [0.1, 0.15) is 17.5 Å². The van der Waals surface area contributed by atoms with Crippen molar-refractivity contribution in [3.05, 3.63) is 53.9 Å². The molecule has 4 heterocycles. The molecule has 1 aromatic carbocycles. The van der Waals surface area contributed by atoms with Crippen LogP contribution in [0.2, 0.25) is 0 Å². The molecular weight excluding hydrogens is 368 g/mol. The van der Waals surface area contributed by atoms with Crippen LogP contribution in [0.3, 0.4) is 0 Å².